The maximum absolute atomic E-state index is 12.6. The Morgan fingerprint density at radius 2 is 2.21 bits per heavy atom. The third-order valence-electron chi connectivity index (χ3n) is 6.86. The molecule has 0 spiro atoms. The minimum absolute atomic E-state index is 0.0259. The number of aryl methyl sites for hydroxylation is 1. The van der Waals surface area contributed by atoms with Crippen LogP contribution in [0.1, 0.15) is 44.1 Å². The molecule has 1 aliphatic heterocycles. The highest BCUT2D eigenvalue weighted by Crippen LogP contribution is 2.47. The molecule has 156 valence electrons. The number of likely N-dealkylation sites (tertiary alicyclic amines) is 1. The maximum atomic E-state index is 12.6. The number of benzene rings is 1. The number of piperidine rings is 1. The van der Waals surface area contributed by atoms with Gasteiger partial charge in [0.05, 0.1) is 6.61 Å². The van der Waals surface area contributed by atoms with Gasteiger partial charge in [0.1, 0.15) is 0 Å². The number of aromatic nitrogens is 1. The van der Waals surface area contributed by atoms with Crippen LogP contribution in [-0.2, 0) is 20.7 Å². The summed E-state index contributed by atoms with van der Waals surface area (Å²) in [6.45, 7) is 1.88. The monoisotopic (exact) mass is 397 g/mol. The van der Waals surface area contributed by atoms with Crippen LogP contribution < -0.4 is 5.32 Å². The standard InChI is InChI=1S/C23H31N3O3/c1-29-14-13-26-20-7-4-11-23(20,12-10-22(26)28)16-25-21(27)9-8-17-15-24-19-6-3-2-5-18(17)19/h2-3,5-6,15,20,24H,4,7-14,16H2,1H3,(H,25,27)/t20-,23+/m1/s1. The molecule has 2 N–H and O–H groups in total. The van der Waals surface area contributed by atoms with Crippen LogP contribution in [0.2, 0.25) is 0 Å². The Balaban J connectivity index is 1.34. The van der Waals surface area contributed by atoms with Crippen LogP contribution >= 0.6 is 0 Å². The number of carbonyl (C=O) groups excluding carboxylic acids is 2. The number of nitrogens with zero attached hydrogens (tertiary/aromatic N) is 1. The summed E-state index contributed by atoms with van der Waals surface area (Å²) in [6, 6.07) is 8.41. The Kier molecular flexibility index (Phi) is 5.90. The van der Waals surface area contributed by atoms with Gasteiger partial charge in [-0.2, -0.15) is 0 Å². The molecule has 29 heavy (non-hydrogen) atoms. The fourth-order valence-corrected chi connectivity index (χ4v) is 5.29. The normalized spacial score (nSPS) is 24.1. The molecule has 4 rings (SSSR count). The van der Waals surface area contributed by atoms with Crippen molar-refractivity contribution in [2.45, 2.75) is 51.0 Å². The van der Waals surface area contributed by atoms with Gasteiger partial charge in [0.25, 0.3) is 0 Å². The number of nitrogens with one attached hydrogen (secondary N) is 2. The van der Waals surface area contributed by atoms with E-state index in [1.54, 1.807) is 7.11 Å². The predicted molar refractivity (Wildman–Crippen MR) is 113 cm³/mol. The van der Waals surface area contributed by atoms with Gasteiger partial charge in [-0.25, -0.2) is 0 Å². The first-order chi connectivity index (χ1) is 14.1. The molecule has 1 saturated carbocycles. The highest BCUT2D eigenvalue weighted by Gasteiger charge is 2.50. The predicted octanol–water partition coefficient (Wildman–Crippen LogP) is 3.02. The Hall–Kier alpha value is -2.34. The third kappa shape index (κ3) is 4.04. The Labute approximate surface area is 172 Å². The van der Waals surface area contributed by atoms with Crippen LogP contribution in [0.25, 0.3) is 10.9 Å². The van der Waals surface area contributed by atoms with Gasteiger partial charge in [-0.15, -0.1) is 0 Å². The second kappa shape index (κ2) is 8.57. The van der Waals surface area contributed by atoms with Crippen LogP contribution in [-0.4, -0.2) is 54.5 Å². The summed E-state index contributed by atoms with van der Waals surface area (Å²) in [6.07, 6.45) is 7.89. The van der Waals surface area contributed by atoms with Gasteiger partial charge >= 0.3 is 0 Å². The van der Waals surface area contributed by atoms with Crippen molar-refractivity contribution in [3.05, 3.63) is 36.0 Å². The molecule has 2 heterocycles. The molecule has 6 heteroatoms. The first kappa shape index (κ1) is 20.0. The van der Waals surface area contributed by atoms with E-state index in [0.29, 0.717) is 32.5 Å². The zero-order valence-electron chi connectivity index (χ0n) is 17.2. The molecule has 1 aromatic carbocycles. The summed E-state index contributed by atoms with van der Waals surface area (Å²) in [4.78, 5) is 30.3. The highest BCUT2D eigenvalue weighted by atomic mass is 16.5. The molecular formula is C23H31N3O3. The van der Waals surface area contributed by atoms with Gasteiger partial charge in [-0.05, 0) is 37.3 Å². The van der Waals surface area contributed by atoms with Crippen LogP contribution in [0.4, 0.5) is 0 Å². The quantitative estimate of drug-likeness (QED) is 0.719. The molecule has 0 radical (unpaired) electrons. The molecule has 2 fully saturated rings. The Bertz CT molecular complexity index is 877. The fourth-order valence-electron chi connectivity index (χ4n) is 5.29. The van der Waals surface area contributed by atoms with E-state index < -0.39 is 0 Å². The molecule has 2 atom stereocenters. The van der Waals surface area contributed by atoms with Gasteiger partial charge in [0.2, 0.25) is 11.8 Å². The van der Waals surface area contributed by atoms with Crippen molar-refractivity contribution in [2.24, 2.45) is 5.41 Å². The summed E-state index contributed by atoms with van der Waals surface area (Å²) >= 11 is 0. The number of rotatable bonds is 8. The molecule has 2 aromatic rings. The number of para-hydroxylation sites is 1. The lowest BCUT2D eigenvalue weighted by Gasteiger charge is -2.46. The van der Waals surface area contributed by atoms with E-state index in [0.717, 1.165) is 37.6 Å². The largest absolute Gasteiger partial charge is 0.383 e. The number of hydrogen-bond donors (Lipinski definition) is 2. The molecule has 2 amide bonds. The lowest BCUT2D eigenvalue weighted by Crippen LogP contribution is -2.56. The van der Waals surface area contributed by atoms with Crippen molar-refractivity contribution in [2.75, 3.05) is 26.8 Å². The first-order valence-electron chi connectivity index (χ1n) is 10.7. The van der Waals surface area contributed by atoms with Crippen molar-refractivity contribution in [3.63, 3.8) is 0 Å². The summed E-state index contributed by atoms with van der Waals surface area (Å²) in [5.41, 5.74) is 2.32. The Morgan fingerprint density at radius 3 is 3.07 bits per heavy atom. The number of ether oxygens (including phenoxy) is 1. The smallest absolute Gasteiger partial charge is 0.222 e. The van der Waals surface area contributed by atoms with Gasteiger partial charge < -0.3 is 19.9 Å². The number of methoxy groups -OCH3 is 1. The second-order valence-corrected chi connectivity index (χ2v) is 8.49. The molecular weight excluding hydrogens is 366 g/mol. The molecule has 1 aromatic heterocycles. The number of H-pyrrole nitrogens is 1. The van der Waals surface area contributed by atoms with Gasteiger partial charge in [0.15, 0.2) is 0 Å². The lowest BCUT2D eigenvalue weighted by molar-refractivity contribution is -0.142. The van der Waals surface area contributed by atoms with E-state index in [9.17, 15) is 9.59 Å². The first-order valence-corrected chi connectivity index (χ1v) is 10.7. The van der Waals surface area contributed by atoms with E-state index in [-0.39, 0.29) is 23.3 Å². The number of hydrogen-bond acceptors (Lipinski definition) is 3. The molecule has 0 bridgehead atoms. The SMILES string of the molecule is COCCN1C(=O)CC[C@]2(CNC(=O)CCc3c[nH]c4ccccc34)CCC[C@@H]12. The number of aromatic amines is 1. The van der Waals surface area contributed by atoms with Crippen LogP contribution in [0.15, 0.2) is 30.5 Å². The lowest BCUT2D eigenvalue weighted by atomic mass is 9.74. The molecule has 0 unspecified atom stereocenters. The van der Waals surface area contributed by atoms with E-state index in [1.165, 1.54) is 10.9 Å². The minimum Gasteiger partial charge on any atom is -0.383 e. The van der Waals surface area contributed by atoms with E-state index in [4.69, 9.17) is 4.74 Å². The highest BCUT2D eigenvalue weighted by molar-refractivity contribution is 5.84. The fraction of sp³-hybridized carbons (Fsp3) is 0.565. The number of amides is 2. The molecule has 6 nitrogen and oxygen atoms in total. The topological polar surface area (TPSA) is 74.4 Å². The summed E-state index contributed by atoms with van der Waals surface area (Å²) in [7, 11) is 1.67. The van der Waals surface area contributed by atoms with Crippen molar-refractivity contribution in [1.82, 2.24) is 15.2 Å². The van der Waals surface area contributed by atoms with E-state index in [1.807, 2.05) is 23.2 Å². The second-order valence-electron chi connectivity index (χ2n) is 8.49. The summed E-state index contributed by atoms with van der Waals surface area (Å²) in [5, 5.41) is 4.39. The van der Waals surface area contributed by atoms with Crippen molar-refractivity contribution >= 4 is 22.7 Å². The van der Waals surface area contributed by atoms with Crippen molar-refractivity contribution in [3.8, 4) is 0 Å². The van der Waals surface area contributed by atoms with Gasteiger partial charge in [0, 0.05) is 61.6 Å². The summed E-state index contributed by atoms with van der Waals surface area (Å²) in [5.74, 6) is 0.325. The third-order valence-corrected chi connectivity index (χ3v) is 6.86. The zero-order chi connectivity index (χ0) is 20.3. The van der Waals surface area contributed by atoms with Crippen LogP contribution in [0, 0.1) is 5.41 Å². The average Bonchev–Trinajstić information content (AvgIpc) is 3.35. The summed E-state index contributed by atoms with van der Waals surface area (Å²) < 4.78 is 5.20. The Morgan fingerprint density at radius 1 is 1.34 bits per heavy atom. The zero-order valence-corrected chi connectivity index (χ0v) is 17.2. The molecule has 2 aliphatic rings. The number of carbonyl (C=O) groups is 2. The van der Waals surface area contributed by atoms with E-state index >= 15 is 0 Å². The van der Waals surface area contributed by atoms with Gasteiger partial charge in [-0.1, -0.05) is 24.6 Å². The van der Waals surface area contributed by atoms with Gasteiger partial charge in [-0.3, -0.25) is 9.59 Å². The maximum Gasteiger partial charge on any atom is 0.222 e. The van der Waals surface area contributed by atoms with Crippen molar-refractivity contribution < 1.29 is 14.3 Å². The van der Waals surface area contributed by atoms with Crippen molar-refractivity contribution in [1.29, 1.82) is 0 Å². The van der Waals surface area contributed by atoms with Crippen LogP contribution in [0.3, 0.4) is 0 Å². The van der Waals surface area contributed by atoms with Crippen LogP contribution in [0.5, 0.6) is 0 Å². The average molecular weight is 398 g/mol. The molecule has 1 aliphatic carbocycles. The minimum atomic E-state index is 0.0259. The van der Waals surface area contributed by atoms with E-state index in [2.05, 4.69) is 22.4 Å². The molecule has 1 saturated heterocycles. The number of fused-ring (bicyclic) bond motifs is 2.